The number of aliphatic carboxylic acids is 1. The molecule has 1 heterocycles. The number of amides is 1. The number of carbonyl (C=O) groups is 2. The summed E-state index contributed by atoms with van der Waals surface area (Å²) in [5, 5.41) is 8.97. The van der Waals surface area contributed by atoms with Crippen molar-refractivity contribution in [3.63, 3.8) is 0 Å². The molecule has 1 N–H and O–H groups in total. The molecule has 1 aliphatic carbocycles. The molecular weight excluding hydrogens is 182 g/mol. The quantitative estimate of drug-likeness (QED) is 0.714. The molecule has 1 amide bonds. The van der Waals surface area contributed by atoms with Gasteiger partial charge in [-0.1, -0.05) is 0 Å². The Kier molecular flexibility index (Phi) is 2.44. The van der Waals surface area contributed by atoms with Crippen LogP contribution in [0.4, 0.5) is 0 Å². The van der Waals surface area contributed by atoms with Gasteiger partial charge in [-0.05, 0) is 32.1 Å². The highest BCUT2D eigenvalue weighted by molar-refractivity contribution is 5.86. The van der Waals surface area contributed by atoms with Crippen LogP contribution in [0.2, 0.25) is 0 Å². The number of likely N-dealkylation sites (tertiary alicyclic amines) is 1. The van der Waals surface area contributed by atoms with Crippen molar-refractivity contribution in [1.82, 2.24) is 4.90 Å². The van der Waals surface area contributed by atoms with Gasteiger partial charge in [0.2, 0.25) is 5.91 Å². The molecule has 0 aromatic heterocycles. The van der Waals surface area contributed by atoms with E-state index in [9.17, 15) is 9.59 Å². The van der Waals surface area contributed by atoms with Gasteiger partial charge in [0, 0.05) is 12.5 Å². The summed E-state index contributed by atoms with van der Waals surface area (Å²) in [6.45, 7) is 0.631. The topological polar surface area (TPSA) is 57.6 Å². The predicted molar refractivity (Wildman–Crippen MR) is 49.7 cm³/mol. The molecule has 14 heavy (non-hydrogen) atoms. The van der Waals surface area contributed by atoms with Crippen molar-refractivity contribution < 1.29 is 14.7 Å². The van der Waals surface area contributed by atoms with Gasteiger partial charge in [-0.3, -0.25) is 4.79 Å². The first-order valence-corrected chi connectivity index (χ1v) is 5.23. The predicted octanol–water partition coefficient (Wildman–Crippen LogP) is 0.862. The molecule has 2 fully saturated rings. The Hall–Kier alpha value is -1.06. The summed E-state index contributed by atoms with van der Waals surface area (Å²) in [4.78, 5) is 24.2. The fourth-order valence-corrected chi connectivity index (χ4v) is 2.02. The van der Waals surface area contributed by atoms with Crippen LogP contribution >= 0.6 is 0 Å². The van der Waals surface area contributed by atoms with E-state index in [2.05, 4.69) is 0 Å². The van der Waals surface area contributed by atoms with Crippen LogP contribution in [-0.4, -0.2) is 34.5 Å². The van der Waals surface area contributed by atoms with Crippen molar-refractivity contribution in [2.24, 2.45) is 5.92 Å². The Morgan fingerprint density at radius 3 is 2.43 bits per heavy atom. The fraction of sp³-hybridized carbons (Fsp3) is 0.800. The largest absolute Gasteiger partial charge is 0.480 e. The number of hydrogen-bond acceptors (Lipinski definition) is 2. The van der Waals surface area contributed by atoms with Gasteiger partial charge in [-0.15, -0.1) is 0 Å². The molecule has 2 aliphatic rings. The first-order chi connectivity index (χ1) is 6.70. The average Bonchev–Trinajstić information content (AvgIpc) is 3.00. The number of piperidine rings is 1. The van der Waals surface area contributed by atoms with Crippen molar-refractivity contribution in [3.05, 3.63) is 0 Å². The maximum atomic E-state index is 11.7. The molecule has 0 unspecified atom stereocenters. The summed E-state index contributed by atoms with van der Waals surface area (Å²) < 4.78 is 0. The zero-order valence-electron chi connectivity index (χ0n) is 8.11. The molecule has 0 radical (unpaired) electrons. The van der Waals surface area contributed by atoms with Crippen LogP contribution in [0.1, 0.15) is 32.1 Å². The maximum Gasteiger partial charge on any atom is 0.326 e. The number of carboxylic acid groups (broad SMARTS) is 1. The van der Waals surface area contributed by atoms with E-state index in [1.807, 2.05) is 0 Å². The number of rotatable bonds is 2. The molecule has 0 spiro atoms. The van der Waals surface area contributed by atoms with E-state index < -0.39 is 12.0 Å². The van der Waals surface area contributed by atoms with Crippen LogP contribution in [0.5, 0.6) is 0 Å². The van der Waals surface area contributed by atoms with Crippen LogP contribution in [0.3, 0.4) is 0 Å². The van der Waals surface area contributed by atoms with Crippen molar-refractivity contribution in [2.45, 2.75) is 38.1 Å². The molecule has 0 aromatic carbocycles. The Labute approximate surface area is 82.9 Å². The molecule has 1 atom stereocenters. The number of carboxylic acids is 1. The van der Waals surface area contributed by atoms with Crippen LogP contribution < -0.4 is 0 Å². The number of carbonyl (C=O) groups excluding carboxylic acids is 1. The minimum Gasteiger partial charge on any atom is -0.480 e. The first-order valence-electron chi connectivity index (χ1n) is 5.23. The average molecular weight is 197 g/mol. The molecule has 0 bridgehead atoms. The monoisotopic (exact) mass is 197 g/mol. The lowest BCUT2D eigenvalue weighted by atomic mass is 10.0. The fourth-order valence-electron chi connectivity index (χ4n) is 2.02. The molecule has 0 aromatic rings. The number of nitrogens with zero attached hydrogens (tertiary/aromatic N) is 1. The van der Waals surface area contributed by atoms with Crippen molar-refractivity contribution in [3.8, 4) is 0 Å². The maximum absolute atomic E-state index is 11.7. The van der Waals surface area contributed by atoms with E-state index in [4.69, 9.17) is 5.11 Å². The third-order valence-corrected chi connectivity index (χ3v) is 3.00. The van der Waals surface area contributed by atoms with Crippen LogP contribution in [0.25, 0.3) is 0 Å². The molecule has 1 aliphatic heterocycles. The summed E-state index contributed by atoms with van der Waals surface area (Å²) in [5.41, 5.74) is 0. The van der Waals surface area contributed by atoms with Gasteiger partial charge in [0.25, 0.3) is 0 Å². The van der Waals surface area contributed by atoms with E-state index in [1.165, 1.54) is 0 Å². The van der Waals surface area contributed by atoms with Gasteiger partial charge in [-0.2, -0.15) is 0 Å². The van der Waals surface area contributed by atoms with Gasteiger partial charge < -0.3 is 10.0 Å². The minimum absolute atomic E-state index is 0.0668. The van der Waals surface area contributed by atoms with E-state index in [1.54, 1.807) is 4.90 Å². The summed E-state index contributed by atoms with van der Waals surface area (Å²) in [7, 11) is 0. The highest BCUT2D eigenvalue weighted by Crippen LogP contribution is 2.33. The Balaban J connectivity index is 2.05. The second-order valence-corrected chi connectivity index (χ2v) is 4.16. The second-order valence-electron chi connectivity index (χ2n) is 4.16. The molecule has 4 heteroatoms. The van der Waals surface area contributed by atoms with E-state index in [0.717, 1.165) is 25.7 Å². The molecule has 2 rings (SSSR count). The molecular formula is C10H15NO3. The minimum atomic E-state index is -0.848. The van der Waals surface area contributed by atoms with Crippen molar-refractivity contribution >= 4 is 11.9 Å². The van der Waals surface area contributed by atoms with Gasteiger partial charge in [0.1, 0.15) is 6.04 Å². The van der Waals surface area contributed by atoms with E-state index in [0.29, 0.717) is 13.0 Å². The standard InChI is InChI=1S/C10H15NO3/c12-9(7-4-5-7)11-6-2-1-3-8(11)10(13)14/h7-8H,1-6H2,(H,13,14)/t8-/m0/s1. The highest BCUT2D eigenvalue weighted by atomic mass is 16.4. The van der Waals surface area contributed by atoms with Gasteiger partial charge in [0.15, 0.2) is 0 Å². The SMILES string of the molecule is O=C(O)[C@@H]1CCCCN1C(=O)C1CC1. The molecule has 4 nitrogen and oxygen atoms in total. The summed E-state index contributed by atoms with van der Waals surface area (Å²) in [6.07, 6.45) is 4.38. The van der Waals surface area contributed by atoms with Crippen LogP contribution in [0, 0.1) is 5.92 Å². The first kappa shape index (κ1) is 9.49. The number of hydrogen-bond donors (Lipinski definition) is 1. The van der Waals surface area contributed by atoms with Crippen molar-refractivity contribution in [2.75, 3.05) is 6.54 Å². The zero-order valence-corrected chi connectivity index (χ0v) is 8.11. The van der Waals surface area contributed by atoms with Crippen LogP contribution in [0.15, 0.2) is 0 Å². The summed E-state index contributed by atoms with van der Waals surface area (Å²) >= 11 is 0. The molecule has 78 valence electrons. The third-order valence-electron chi connectivity index (χ3n) is 3.00. The van der Waals surface area contributed by atoms with Crippen LogP contribution in [-0.2, 0) is 9.59 Å². The zero-order chi connectivity index (χ0) is 10.1. The Morgan fingerprint density at radius 2 is 1.86 bits per heavy atom. The Bertz CT molecular complexity index is 260. The smallest absolute Gasteiger partial charge is 0.326 e. The van der Waals surface area contributed by atoms with Gasteiger partial charge >= 0.3 is 5.97 Å². The van der Waals surface area contributed by atoms with E-state index in [-0.39, 0.29) is 11.8 Å². The van der Waals surface area contributed by atoms with Gasteiger partial charge in [-0.25, -0.2) is 4.79 Å². The van der Waals surface area contributed by atoms with Crippen molar-refractivity contribution in [1.29, 1.82) is 0 Å². The Morgan fingerprint density at radius 1 is 1.14 bits per heavy atom. The summed E-state index contributed by atoms with van der Waals surface area (Å²) in [6, 6.07) is -0.558. The lowest BCUT2D eigenvalue weighted by Crippen LogP contribution is -2.48. The second kappa shape index (κ2) is 3.59. The molecule has 1 saturated carbocycles. The third kappa shape index (κ3) is 1.74. The lowest BCUT2D eigenvalue weighted by molar-refractivity contribution is -0.152. The van der Waals surface area contributed by atoms with Gasteiger partial charge in [0.05, 0.1) is 0 Å². The normalized spacial score (nSPS) is 27.4. The molecule has 1 saturated heterocycles. The highest BCUT2D eigenvalue weighted by Gasteiger charge is 2.39. The van der Waals surface area contributed by atoms with E-state index >= 15 is 0 Å². The summed E-state index contributed by atoms with van der Waals surface area (Å²) in [5.74, 6) is -0.647. The lowest BCUT2D eigenvalue weighted by Gasteiger charge is -2.33.